The summed E-state index contributed by atoms with van der Waals surface area (Å²) in [6.07, 6.45) is -0.439. The van der Waals surface area contributed by atoms with E-state index in [9.17, 15) is 4.79 Å². The van der Waals surface area contributed by atoms with Crippen molar-refractivity contribution in [3.63, 3.8) is 0 Å². The summed E-state index contributed by atoms with van der Waals surface area (Å²) in [5.74, 6) is 0. The van der Waals surface area contributed by atoms with Crippen LogP contribution in [0.25, 0.3) is 0 Å². The quantitative estimate of drug-likeness (QED) is 0.652. The molecule has 0 fully saturated rings. The first kappa shape index (κ1) is 20.6. The van der Waals surface area contributed by atoms with Gasteiger partial charge in [-0.05, 0) is 70.4 Å². The van der Waals surface area contributed by atoms with Crippen LogP contribution in [0.1, 0.15) is 50.4 Å². The van der Waals surface area contributed by atoms with Crippen molar-refractivity contribution in [1.82, 2.24) is 5.32 Å². The lowest BCUT2D eigenvalue weighted by atomic mass is 9.99. The van der Waals surface area contributed by atoms with Gasteiger partial charge in [0.2, 0.25) is 0 Å². The number of nitrogen functional groups attached to an aromatic ring is 1. The Morgan fingerprint density at radius 2 is 1.67 bits per heavy atom. The Balaban J connectivity index is 2.27. The maximum absolute atomic E-state index is 12.2. The van der Waals surface area contributed by atoms with Gasteiger partial charge in [-0.1, -0.05) is 30.3 Å². The summed E-state index contributed by atoms with van der Waals surface area (Å²) in [6, 6.07) is 13.6. The second kappa shape index (κ2) is 8.33. The molecule has 2 unspecified atom stereocenters. The predicted octanol–water partition coefficient (Wildman–Crippen LogP) is 4.95. The highest BCUT2D eigenvalue weighted by atomic mass is 16.6. The number of nitrogens with two attached hydrogens (primary N) is 1. The standard InChI is InChI=1S/C22H31N3O2/c1-14-12-18(23)19(13-15(14)2)25-20(17-10-8-7-9-11-17)16(3)24-21(26)27-22(4,5)6/h7-13,16,20,25H,23H2,1-6H3,(H,24,26). The molecule has 2 rings (SSSR count). The van der Waals surface area contributed by atoms with Gasteiger partial charge < -0.3 is 21.1 Å². The van der Waals surface area contributed by atoms with E-state index in [0.717, 1.165) is 22.4 Å². The normalized spacial score (nSPS) is 13.6. The van der Waals surface area contributed by atoms with Gasteiger partial charge in [0.25, 0.3) is 0 Å². The van der Waals surface area contributed by atoms with E-state index in [4.69, 9.17) is 10.5 Å². The molecule has 0 saturated carbocycles. The maximum Gasteiger partial charge on any atom is 0.407 e. The number of carbonyl (C=O) groups is 1. The van der Waals surface area contributed by atoms with Crippen molar-refractivity contribution >= 4 is 17.5 Å². The van der Waals surface area contributed by atoms with E-state index < -0.39 is 11.7 Å². The van der Waals surface area contributed by atoms with E-state index in [1.165, 1.54) is 0 Å². The lowest BCUT2D eigenvalue weighted by molar-refractivity contribution is 0.0503. The second-order valence-corrected chi connectivity index (χ2v) is 7.99. The molecule has 0 bridgehead atoms. The van der Waals surface area contributed by atoms with Gasteiger partial charge >= 0.3 is 6.09 Å². The lowest BCUT2D eigenvalue weighted by Crippen LogP contribution is -2.42. The van der Waals surface area contributed by atoms with Crippen molar-refractivity contribution in [2.45, 2.75) is 59.2 Å². The smallest absolute Gasteiger partial charge is 0.407 e. The molecule has 0 heterocycles. The Hall–Kier alpha value is -2.69. The van der Waals surface area contributed by atoms with Crippen LogP contribution in [0.3, 0.4) is 0 Å². The zero-order valence-corrected chi connectivity index (χ0v) is 17.1. The number of carbonyl (C=O) groups excluding carboxylic acids is 1. The number of anilines is 2. The van der Waals surface area contributed by atoms with E-state index in [-0.39, 0.29) is 12.1 Å². The number of nitrogens with one attached hydrogen (secondary N) is 2. The predicted molar refractivity (Wildman–Crippen MR) is 112 cm³/mol. The topological polar surface area (TPSA) is 76.4 Å². The van der Waals surface area contributed by atoms with Gasteiger partial charge in [0.15, 0.2) is 0 Å². The zero-order valence-electron chi connectivity index (χ0n) is 17.1. The monoisotopic (exact) mass is 369 g/mol. The van der Waals surface area contributed by atoms with E-state index in [1.807, 2.05) is 77.1 Å². The summed E-state index contributed by atoms with van der Waals surface area (Å²) in [5.41, 5.74) is 10.6. The number of hydrogen-bond donors (Lipinski definition) is 3. The molecule has 5 nitrogen and oxygen atoms in total. The Morgan fingerprint density at radius 1 is 1.07 bits per heavy atom. The Bertz CT molecular complexity index is 782. The van der Waals surface area contributed by atoms with Gasteiger partial charge in [0.05, 0.1) is 23.5 Å². The number of amides is 1. The van der Waals surface area contributed by atoms with Gasteiger partial charge in [0.1, 0.15) is 5.60 Å². The van der Waals surface area contributed by atoms with Crippen LogP contribution in [0.2, 0.25) is 0 Å². The first-order chi connectivity index (χ1) is 12.6. The molecule has 1 amide bonds. The van der Waals surface area contributed by atoms with Gasteiger partial charge in [-0.15, -0.1) is 0 Å². The van der Waals surface area contributed by atoms with E-state index in [2.05, 4.69) is 17.6 Å². The highest BCUT2D eigenvalue weighted by Crippen LogP contribution is 2.29. The third-order valence-electron chi connectivity index (χ3n) is 4.38. The summed E-state index contributed by atoms with van der Waals surface area (Å²) in [5, 5.41) is 6.44. The number of rotatable bonds is 5. The molecular formula is C22H31N3O2. The van der Waals surface area contributed by atoms with Crippen molar-refractivity contribution in [3.05, 3.63) is 59.2 Å². The number of aryl methyl sites for hydroxylation is 2. The molecule has 0 spiro atoms. The average Bonchev–Trinajstić information content (AvgIpc) is 2.55. The number of alkyl carbamates (subject to hydrolysis) is 1. The van der Waals surface area contributed by atoms with Gasteiger partial charge in [-0.25, -0.2) is 4.79 Å². The van der Waals surface area contributed by atoms with Crippen LogP contribution in [0.15, 0.2) is 42.5 Å². The molecule has 5 heteroatoms. The van der Waals surface area contributed by atoms with E-state index in [1.54, 1.807) is 0 Å². The minimum atomic E-state index is -0.544. The van der Waals surface area contributed by atoms with Crippen LogP contribution in [-0.4, -0.2) is 17.7 Å². The fourth-order valence-electron chi connectivity index (χ4n) is 2.87. The molecule has 0 saturated heterocycles. The Labute approximate surface area is 162 Å². The highest BCUT2D eigenvalue weighted by molar-refractivity contribution is 5.70. The van der Waals surface area contributed by atoms with Gasteiger partial charge in [-0.2, -0.15) is 0 Å². The van der Waals surface area contributed by atoms with Crippen LogP contribution in [0.5, 0.6) is 0 Å². The van der Waals surface area contributed by atoms with Crippen molar-refractivity contribution in [2.75, 3.05) is 11.1 Å². The number of hydrogen-bond acceptors (Lipinski definition) is 4. The summed E-state index contributed by atoms with van der Waals surface area (Å²) in [4.78, 5) is 12.2. The summed E-state index contributed by atoms with van der Waals surface area (Å²) in [7, 11) is 0. The molecule has 0 aliphatic carbocycles. The van der Waals surface area contributed by atoms with E-state index >= 15 is 0 Å². The first-order valence-corrected chi connectivity index (χ1v) is 9.24. The van der Waals surface area contributed by atoms with Crippen molar-refractivity contribution in [3.8, 4) is 0 Å². The lowest BCUT2D eigenvalue weighted by Gasteiger charge is -2.29. The molecule has 4 N–H and O–H groups in total. The molecule has 0 aromatic heterocycles. The third kappa shape index (κ3) is 5.91. The molecule has 2 atom stereocenters. The Kier molecular flexibility index (Phi) is 6.37. The maximum atomic E-state index is 12.2. The molecule has 0 aliphatic heterocycles. The minimum absolute atomic E-state index is 0.164. The molecule has 2 aromatic carbocycles. The van der Waals surface area contributed by atoms with Crippen LogP contribution in [0.4, 0.5) is 16.2 Å². The first-order valence-electron chi connectivity index (χ1n) is 9.24. The number of ether oxygens (including phenoxy) is 1. The SMILES string of the molecule is Cc1cc(N)c(NC(c2ccccc2)C(C)NC(=O)OC(C)(C)C)cc1C. The van der Waals surface area contributed by atoms with Crippen molar-refractivity contribution in [1.29, 1.82) is 0 Å². The molecular weight excluding hydrogens is 338 g/mol. The fraction of sp³-hybridized carbons (Fsp3) is 0.409. The highest BCUT2D eigenvalue weighted by Gasteiger charge is 2.24. The summed E-state index contributed by atoms with van der Waals surface area (Å²) >= 11 is 0. The molecule has 0 aliphatic rings. The van der Waals surface area contributed by atoms with Crippen LogP contribution in [-0.2, 0) is 4.74 Å². The van der Waals surface area contributed by atoms with Crippen LogP contribution < -0.4 is 16.4 Å². The van der Waals surface area contributed by atoms with Crippen LogP contribution in [0, 0.1) is 13.8 Å². The summed E-state index contributed by atoms with van der Waals surface area (Å²) in [6.45, 7) is 11.6. The van der Waals surface area contributed by atoms with Crippen molar-refractivity contribution in [2.24, 2.45) is 0 Å². The Morgan fingerprint density at radius 3 is 2.26 bits per heavy atom. The zero-order chi connectivity index (χ0) is 20.2. The fourth-order valence-corrected chi connectivity index (χ4v) is 2.87. The minimum Gasteiger partial charge on any atom is -0.444 e. The molecule has 27 heavy (non-hydrogen) atoms. The van der Waals surface area contributed by atoms with Gasteiger partial charge in [0, 0.05) is 0 Å². The largest absolute Gasteiger partial charge is 0.444 e. The van der Waals surface area contributed by atoms with Gasteiger partial charge in [-0.3, -0.25) is 0 Å². The van der Waals surface area contributed by atoms with Crippen molar-refractivity contribution < 1.29 is 9.53 Å². The van der Waals surface area contributed by atoms with E-state index in [0.29, 0.717) is 5.69 Å². The molecule has 0 radical (unpaired) electrons. The number of benzene rings is 2. The third-order valence-corrected chi connectivity index (χ3v) is 4.38. The molecule has 146 valence electrons. The molecule has 2 aromatic rings. The average molecular weight is 370 g/mol. The summed E-state index contributed by atoms with van der Waals surface area (Å²) < 4.78 is 5.40. The van der Waals surface area contributed by atoms with Crippen LogP contribution >= 0.6 is 0 Å². The second-order valence-electron chi connectivity index (χ2n) is 7.99.